The molecule has 1 heterocycles. The van der Waals surface area contributed by atoms with Gasteiger partial charge in [0.2, 0.25) is 0 Å². The minimum atomic E-state index is -3.12. The second-order valence-corrected chi connectivity index (χ2v) is 8.23. The smallest absolute Gasteiger partial charge is 0.169 e. The predicted molar refractivity (Wildman–Crippen MR) is 84.4 cm³/mol. The summed E-state index contributed by atoms with van der Waals surface area (Å²) >= 11 is 1.67. The molecule has 0 amide bonds. The van der Waals surface area contributed by atoms with Crippen molar-refractivity contribution in [1.82, 2.24) is 0 Å². The van der Waals surface area contributed by atoms with E-state index < -0.39 is 15.2 Å². The Morgan fingerprint density at radius 1 is 1.35 bits per heavy atom. The topological polar surface area (TPSA) is 54.5 Å². The van der Waals surface area contributed by atoms with Crippen molar-refractivity contribution in [3.8, 4) is 0 Å². The Morgan fingerprint density at radius 2 is 2.00 bits per heavy atom. The van der Waals surface area contributed by atoms with Crippen LogP contribution in [0, 0.1) is 0 Å². The fraction of sp³-hybridized carbons (Fsp3) is 0.500. The van der Waals surface area contributed by atoms with Crippen LogP contribution in [0.5, 0.6) is 0 Å². The molecule has 1 atom stereocenters. The van der Waals surface area contributed by atoms with E-state index in [2.05, 4.69) is 0 Å². The number of ketones is 1. The summed E-state index contributed by atoms with van der Waals surface area (Å²) in [6, 6.07) is 7.25. The van der Waals surface area contributed by atoms with Crippen LogP contribution < -0.4 is 4.90 Å². The lowest BCUT2D eigenvalue weighted by Crippen LogP contribution is -2.47. The summed E-state index contributed by atoms with van der Waals surface area (Å²) in [7, 11) is -3.12. The Kier molecular flexibility index (Phi) is 4.75. The molecule has 4 nitrogen and oxygen atoms in total. The molecule has 0 aliphatic carbocycles. The van der Waals surface area contributed by atoms with Gasteiger partial charge in [-0.05, 0) is 24.3 Å². The first-order chi connectivity index (χ1) is 9.43. The molecular weight excluding hydrogens is 294 g/mol. The fourth-order valence-corrected chi connectivity index (χ4v) is 5.11. The van der Waals surface area contributed by atoms with Crippen LogP contribution >= 0.6 is 11.8 Å². The van der Waals surface area contributed by atoms with Gasteiger partial charge in [0.05, 0.1) is 0 Å². The molecule has 1 aliphatic rings. The zero-order valence-corrected chi connectivity index (χ0v) is 13.3. The number of benzene rings is 1. The molecule has 1 fully saturated rings. The van der Waals surface area contributed by atoms with Crippen molar-refractivity contribution in [2.75, 3.05) is 29.2 Å². The quantitative estimate of drug-likeness (QED) is 0.798. The Labute approximate surface area is 124 Å². The van der Waals surface area contributed by atoms with E-state index in [1.807, 2.05) is 24.0 Å². The SMILES string of the molecule is CCC(=O)c1ccc(N2CCSCC2S(C)(=O)=O)cc1. The zero-order valence-electron chi connectivity index (χ0n) is 11.7. The van der Waals surface area contributed by atoms with Gasteiger partial charge in [0.25, 0.3) is 0 Å². The van der Waals surface area contributed by atoms with Gasteiger partial charge < -0.3 is 4.90 Å². The molecule has 0 saturated carbocycles. The van der Waals surface area contributed by atoms with Gasteiger partial charge in [-0.15, -0.1) is 0 Å². The lowest BCUT2D eigenvalue weighted by molar-refractivity contribution is 0.0988. The summed E-state index contributed by atoms with van der Waals surface area (Å²) < 4.78 is 23.8. The fourth-order valence-electron chi connectivity index (χ4n) is 2.27. The number of hydrogen-bond acceptors (Lipinski definition) is 5. The Balaban J connectivity index is 2.27. The minimum absolute atomic E-state index is 0.102. The first-order valence-corrected chi connectivity index (χ1v) is 9.71. The van der Waals surface area contributed by atoms with Crippen LogP contribution in [0.2, 0.25) is 0 Å². The maximum atomic E-state index is 11.9. The van der Waals surface area contributed by atoms with Gasteiger partial charge in [0, 0.05) is 42.0 Å². The third kappa shape index (κ3) is 3.35. The highest BCUT2D eigenvalue weighted by molar-refractivity contribution is 8.01. The van der Waals surface area contributed by atoms with Crippen LogP contribution in [0.1, 0.15) is 23.7 Å². The standard InChI is InChI=1S/C14H19NO3S2/c1-3-13(16)11-4-6-12(7-5-11)15-8-9-19-10-14(15)20(2,17)18/h4-7,14H,3,8-10H2,1-2H3. The molecule has 110 valence electrons. The Bertz CT molecular complexity index is 581. The minimum Gasteiger partial charge on any atom is -0.353 e. The maximum Gasteiger partial charge on any atom is 0.169 e. The Morgan fingerprint density at radius 3 is 2.55 bits per heavy atom. The van der Waals surface area contributed by atoms with Gasteiger partial charge >= 0.3 is 0 Å². The van der Waals surface area contributed by atoms with Crippen LogP contribution in [-0.2, 0) is 9.84 Å². The number of anilines is 1. The molecule has 0 N–H and O–H groups in total. The van der Waals surface area contributed by atoms with E-state index in [0.717, 1.165) is 11.4 Å². The lowest BCUT2D eigenvalue weighted by Gasteiger charge is -2.35. The molecule has 1 aromatic rings. The van der Waals surface area contributed by atoms with E-state index in [1.165, 1.54) is 6.26 Å². The molecule has 20 heavy (non-hydrogen) atoms. The maximum absolute atomic E-state index is 11.9. The van der Waals surface area contributed by atoms with Gasteiger partial charge in [-0.1, -0.05) is 6.92 Å². The van der Waals surface area contributed by atoms with E-state index in [4.69, 9.17) is 0 Å². The highest BCUT2D eigenvalue weighted by Crippen LogP contribution is 2.27. The van der Waals surface area contributed by atoms with E-state index in [1.54, 1.807) is 23.9 Å². The van der Waals surface area contributed by atoms with Crippen molar-refractivity contribution in [2.45, 2.75) is 18.7 Å². The second kappa shape index (κ2) is 6.18. The molecule has 0 bridgehead atoms. The van der Waals surface area contributed by atoms with Gasteiger partial charge in [-0.3, -0.25) is 4.79 Å². The molecule has 1 saturated heterocycles. The number of Topliss-reactive ketones (excluding diaryl/α,β-unsaturated/α-hetero) is 1. The lowest BCUT2D eigenvalue weighted by atomic mass is 10.1. The summed E-state index contributed by atoms with van der Waals surface area (Å²) in [6.07, 6.45) is 1.76. The number of carbonyl (C=O) groups is 1. The van der Waals surface area contributed by atoms with Crippen molar-refractivity contribution in [3.63, 3.8) is 0 Å². The van der Waals surface area contributed by atoms with Crippen LogP contribution in [0.15, 0.2) is 24.3 Å². The van der Waals surface area contributed by atoms with Crippen molar-refractivity contribution < 1.29 is 13.2 Å². The highest BCUT2D eigenvalue weighted by atomic mass is 32.2. The molecule has 1 unspecified atom stereocenters. The second-order valence-electron chi connectivity index (χ2n) is 4.88. The monoisotopic (exact) mass is 313 g/mol. The van der Waals surface area contributed by atoms with Crippen LogP contribution in [0.25, 0.3) is 0 Å². The molecule has 0 aromatic heterocycles. The van der Waals surface area contributed by atoms with Crippen molar-refractivity contribution >= 4 is 33.1 Å². The average molecular weight is 313 g/mol. The number of thioether (sulfide) groups is 1. The first-order valence-electron chi connectivity index (χ1n) is 6.60. The van der Waals surface area contributed by atoms with Crippen LogP contribution in [-0.4, -0.2) is 43.9 Å². The van der Waals surface area contributed by atoms with Crippen molar-refractivity contribution in [3.05, 3.63) is 29.8 Å². The van der Waals surface area contributed by atoms with Gasteiger partial charge in [0.1, 0.15) is 5.37 Å². The molecule has 0 spiro atoms. The molecule has 2 rings (SSSR count). The largest absolute Gasteiger partial charge is 0.353 e. The van der Waals surface area contributed by atoms with E-state index in [9.17, 15) is 13.2 Å². The van der Waals surface area contributed by atoms with Crippen LogP contribution in [0.4, 0.5) is 5.69 Å². The average Bonchev–Trinajstić information content (AvgIpc) is 2.46. The highest BCUT2D eigenvalue weighted by Gasteiger charge is 2.31. The summed E-state index contributed by atoms with van der Waals surface area (Å²) in [5.74, 6) is 1.61. The molecule has 0 radical (unpaired) electrons. The number of sulfone groups is 1. The van der Waals surface area contributed by atoms with E-state index in [0.29, 0.717) is 24.3 Å². The molecule has 6 heteroatoms. The summed E-state index contributed by atoms with van der Waals surface area (Å²) in [5.41, 5.74) is 1.55. The van der Waals surface area contributed by atoms with Crippen molar-refractivity contribution in [2.24, 2.45) is 0 Å². The van der Waals surface area contributed by atoms with Crippen molar-refractivity contribution in [1.29, 1.82) is 0 Å². The molecule has 1 aromatic carbocycles. The number of hydrogen-bond donors (Lipinski definition) is 0. The van der Waals surface area contributed by atoms with E-state index >= 15 is 0 Å². The van der Waals surface area contributed by atoms with Gasteiger partial charge in [-0.25, -0.2) is 8.42 Å². The van der Waals surface area contributed by atoms with Gasteiger partial charge in [0.15, 0.2) is 15.6 Å². The normalized spacial score (nSPS) is 19.9. The molecular formula is C14H19NO3S2. The zero-order chi connectivity index (χ0) is 14.8. The molecule has 1 aliphatic heterocycles. The Hall–Kier alpha value is -1.01. The van der Waals surface area contributed by atoms with E-state index in [-0.39, 0.29) is 5.78 Å². The predicted octanol–water partition coefficient (Wildman–Crippen LogP) is 2.20. The first kappa shape index (κ1) is 15.4. The summed E-state index contributed by atoms with van der Waals surface area (Å²) in [5, 5.41) is -0.478. The van der Waals surface area contributed by atoms with Gasteiger partial charge in [-0.2, -0.15) is 11.8 Å². The summed E-state index contributed by atoms with van der Waals surface area (Å²) in [4.78, 5) is 13.5. The third-order valence-electron chi connectivity index (χ3n) is 3.42. The summed E-state index contributed by atoms with van der Waals surface area (Å²) in [6.45, 7) is 2.54. The number of nitrogens with zero attached hydrogens (tertiary/aromatic N) is 1. The number of carbonyl (C=O) groups excluding carboxylic acids is 1. The van der Waals surface area contributed by atoms with Crippen LogP contribution in [0.3, 0.4) is 0 Å². The number of rotatable bonds is 4. The third-order valence-corrected chi connectivity index (χ3v) is 6.06.